The minimum atomic E-state index is 0.0880. The van der Waals surface area contributed by atoms with Crippen LogP contribution in [0, 0.1) is 5.41 Å². The quantitative estimate of drug-likeness (QED) is 0.506. The maximum atomic E-state index is 4.60. The molecule has 0 radical (unpaired) electrons. The Morgan fingerprint density at radius 3 is 2.06 bits per heavy atom. The Morgan fingerprint density at radius 1 is 1.06 bits per heavy atom. The molecule has 0 saturated carbocycles. The third-order valence-corrected chi connectivity index (χ3v) is 2.60. The fourth-order valence-electron chi connectivity index (χ4n) is 1.16. The predicted molar refractivity (Wildman–Crippen MR) is 71.5 cm³/mol. The summed E-state index contributed by atoms with van der Waals surface area (Å²) < 4.78 is 0. The van der Waals surface area contributed by atoms with Crippen molar-refractivity contribution in [2.24, 2.45) is 15.4 Å². The molecule has 16 heavy (non-hydrogen) atoms. The van der Waals surface area contributed by atoms with E-state index in [1.165, 1.54) is 0 Å². The predicted octanol–water partition coefficient (Wildman–Crippen LogP) is 3.57. The number of amidine groups is 1. The van der Waals surface area contributed by atoms with Crippen molar-refractivity contribution in [3.05, 3.63) is 35.9 Å². The monoisotopic (exact) mass is 216 g/mol. The molecule has 0 aliphatic heterocycles. The van der Waals surface area contributed by atoms with Gasteiger partial charge in [0.2, 0.25) is 0 Å². The van der Waals surface area contributed by atoms with Gasteiger partial charge in [0.05, 0.1) is 0 Å². The van der Waals surface area contributed by atoms with Crippen molar-refractivity contribution in [2.75, 3.05) is 7.05 Å². The van der Waals surface area contributed by atoms with E-state index in [0.717, 1.165) is 17.1 Å². The first-order valence-electron chi connectivity index (χ1n) is 5.53. The van der Waals surface area contributed by atoms with Gasteiger partial charge in [-0.05, 0) is 6.92 Å². The molecule has 0 amide bonds. The second-order valence-corrected chi connectivity index (χ2v) is 4.86. The average Bonchev–Trinajstić information content (AvgIpc) is 2.25. The lowest BCUT2D eigenvalue weighted by Gasteiger charge is -2.18. The van der Waals surface area contributed by atoms with Gasteiger partial charge in [0.15, 0.2) is 5.84 Å². The molecule has 0 N–H and O–H groups in total. The molecule has 0 saturated heterocycles. The maximum absolute atomic E-state index is 4.60. The van der Waals surface area contributed by atoms with Gasteiger partial charge < -0.3 is 0 Å². The molecule has 0 spiro atoms. The van der Waals surface area contributed by atoms with Gasteiger partial charge in [-0.1, -0.05) is 51.1 Å². The van der Waals surface area contributed by atoms with E-state index in [1.807, 2.05) is 37.3 Å². The van der Waals surface area contributed by atoms with E-state index in [4.69, 9.17) is 0 Å². The average molecular weight is 216 g/mol. The van der Waals surface area contributed by atoms with E-state index in [2.05, 4.69) is 30.8 Å². The number of hydrogen-bond acceptors (Lipinski definition) is 1. The highest BCUT2D eigenvalue weighted by atomic mass is 14.9. The topological polar surface area (TPSA) is 24.7 Å². The van der Waals surface area contributed by atoms with Crippen molar-refractivity contribution in [3.63, 3.8) is 0 Å². The number of benzene rings is 1. The number of aliphatic imine (C=N–C) groups is 2. The van der Waals surface area contributed by atoms with E-state index < -0.39 is 0 Å². The minimum absolute atomic E-state index is 0.0880. The van der Waals surface area contributed by atoms with E-state index in [-0.39, 0.29) is 5.41 Å². The molecule has 0 aliphatic rings. The second-order valence-electron chi connectivity index (χ2n) is 4.86. The van der Waals surface area contributed by atoms with Crippen molar-refractivity contribution in [1.29, 1.82) is 0 Å². The van der Waals surface area contributed by atoms with E-state index >= 15 is 0 Å². The zero-order valence-electron chi connectivity index (χ0n) is 10.8. The van der Waals surface area contributed by atoms with Crippen molar-refractivity contribution >= 4 is 11.5 Å². The van der Waals surface area contributed by atoms with Crippen LogP contribution in [-0.4, -0.2) is 18.6 Å². The molecule has 2 heteroatoms. The third-order valence-electron chi connectivity index (χ3n) is 2.60. The molecule has 0 atom stereocenters. The molecular formula is C14H20N2. The van der Waals surface area contributed by atoms with Crippen LogP contribution in [0.1, 0.15) is 33.3 Å². The molecule has 0 aromatic heterocycles. The third kappa shape index (κ3) is 3.30. The standard InChI is InChI=1S/C14H20N2/c1-11(14(2,3)4)16-13(15-5)12-9-7-6-8-10-12/h6-10H,1-5H3/b15-13-,16-11+. The van der Waals surface area contributed by atoms with Crippen LogP contribution in [0.2, 0.25) is 0 Å². The number of hydrogen-bond donors (Lipinski definition) is 0. The fraction of sp³-hybridized carbons (Fsp3) is 0.429. The molecule has 1 aromatic rings. The summed E-state index contributed by atoms with van der Waals surface area (Å²) in [4.78, 5) is 8.84. The highest BCUT2D eigenvalue weighted by Gasteiger charge is 2.15. The molecule has 86 valence electrons. The summed E-state index contributed by atoms with van der Waals surface area (Å²) in [6.45, 7) is 8.52. The summed E-state index contributed by atoms with van der Waals surface area (Å²) >= 11 is 0. The summed E-state index contributed by atoms with van der Waals surface area (Å²) in [6.07, 6.45) is 0. The van der Waals surface area contributed by atoms with Gasteiger partial charge in [0, 0.05) is 23.7 Å². The second kappa shape index (κ2) is 5.06. The molecule has 0 bridgehead atoms. The smallest absolute Gasteiger partial charge is 0.154 e. The Bertz CT molecular complexity index is 394. The molecule has 1 rings (SSSR count). The Balaban J connectivity index is 3.04. The van der Waals surface area contributed by atoms with Gasteiger partial charge in [-0.15, -0.1) is 0 Å². The van der Waals surface area contributed by atoms with Gasteiger partial charge in [0.25, 0.3) is 0 Å². The summed E-state index contributed by atoms with van der Waals surface area (Å²) in [5.41, 5.74) is 2.25. The Hall–Kier alpha value is -1.44. The molecule has 0 fully saturated rings. The highest BCUT2D eigenvalue weighted by Crippen LogP contribution is 2.16. The molecule has 1 aromatic carbocycles. The first kappa shape index (κ1) is 12.6. The Labute approximate surface area is 98.1 Å². The van der Waals surface area contributed by atoms with Crippen LogP contribution >= 0.6 is 0 Å². The van der Waals surface area contributed by atoms with E-state index in [1.54, 1.807) is 7.05 Å². The van der Waals surface area contributed by atoms with Gasteiger partial charge in [-0.2, -0.15) is 0 Å². The largest absolute Gasteiger partial charge is 0.270 e. The van der Waals surface area contributed by atoms with E-state index in [0.29, 0.717) is 0 Å². The van der Waals surface area contributed by atoms with Crippen LogP contribution in [0.15, 0.2) is 40.3 Å². The van der Waals surface area contributed by atoms with Gasteiger partial charge in [-0.25, -0.2) is 4.99 Å². The highest BCUT2D eigenvalue weighted by molar-refractivity contribution is 6.07. The first-order valence-corrected chi connectivity index (χ1v) is 5.53. The summed E-state index contributed by atoms with van der Waals surface area (Å²) in [5.74, 6) is 0.799. The number of nitrogens with zero attached hydrogens (tertiary/aromatic N) is 2. The zero-order chi connectivity index (χ0) is 12.2. The van der Waals surface area contributed by atoms with Crippen molar-refractivity contribution in [3.8, 4) is 0 Å². The maximum Gasteiger partial charge on any atom is 0.154 e. The Morgan fingerprint density at radius 2 is 1.62 bits per heavy atom. The number of rotatable bonds is 1. The summed E-state index contributed by atoms with van der Waals surface area (Å²) in [5, 5.41) is 0. The van der Waals surface area contributed by atoms with E-state index in [9.17, 15) is 0 Å². The van der Waals surface area contributed by atoms with Crippen LogP contribution in [0.5, 0.6) is 0 Å². The van der Waals surface area contributed by atoms with Gasteiger partial charge in [0.1, 0.15) is 0 Å². The van der Waals surface area contributed by atoms with Crippen LogP contribution in [0.25, 0.3) is 0 Å². The Kier molecular flexibility index (Phi) is 3.99. The lowest BCUT2D eigenvalue weighted by Crippen LogP contribution is -2.18. The van der Waals surface area contributed by atoms with Gasteiger partial charge >= 0.3 is 0 Å². The molecule has 2 nitrogen and oxygen atoms in total. The van der Waals surface area contributed by atoms with Gasteiger partial charge in [-0.3, -0.25) is 4.99 Å². The minimum Gasteiger partial charge on any atom is -0.270 e. The summed E-state index contributed by atoms with van der Waals surface area (Å²) in [7, 11) is 1.78. The lowest BCUT2D eigenvalue weighted by atomic mass is 9.91. The lowest BCUT2D eigenvalue weighted by molar-refractivity contribution is 0.589. The SMILES string of the molecule is C/N=C(\N=C(/C)C(C)(C)C)c1ccccc1. The van der Waals surface area contributed by atoms with Crippen molar-refractivity contribution in [1.82, 2.24) is 0 Å². The molecule has 0 heterocycles. The molecule has 0 aliphatic carbocycles. The van der Waals surface area contributed by atoms with Crippen LogP contribution in [0.3, 0.4) is 0 Å². The molecule has 0 unspecified atom stereocenters. The fourth-order valence-corrected chi connectivity index (χ4v) is 1.16. The van der Waals surface area contributed by atoms with Crippen LogP contribution < -0.4 is 0 Å². The van der Waals surface area contributed by atoms with Crippen LogP contribution in [0.4, 0.5) is 0 Å². The summed E-state index contributed by atoms with van der Waals surface area (Å²) in [6, 6.07) is 10.1. The molecular weight excluding hydrogens is 196 g/mol. The van der Waals surface area contributed by atoms with Crippen molar-refractivity contribution < 1.29 is 0 Å². The van der Waals surface area contributed by atoms with Crippen LogP contribution in [-0.2, 0) is 0 Å². The zero-order valence-corrected chi connectivity index (χ0v) is 10.8. The first-order chi connectivity index (χ1) is 7.45. The normalized spacial score (nSPS) is 14.1. The van der Waals surface area contributed by atoms with Crippen molar-refractivity contribution in [2.45, 2.75) is 27.7 Å².